The molecule has 0 amide bonds. The molecule has 2 atom stereocenters. The average Bonchev–Trinajstić information content (AvgIpc) is 2.82. The van der Waals surface area contributed by atoms with Gasteiger partial charge < -0.3 is 20.5 Å². The van der Waals surface area contributed by atoms with Crippen LogP contribution in [0.2, 0.25) is 0 Å². The number of nitrogens with zero attached hydrogens (tertiary/aromatic N) is 3. The second kappa shape index (κ2) is 9.21. The zero-order chi connectivity index (χ0) is 26.5. The number of esters is 1. The first kappa shape index (κ1) is 25.3. The highest BCUT2D eigenvalue weighted by atomic mass is 32.2. The molecule has 5 rings (SSSR count). The monoisotopic (exact) mass is 525 g/mol. The van der Waals surface area contributed by atoms with Crippen molar-refractivity contribution in [1.29, 1.82) is 0 Å². The third-order valence-electron chi connectivity index (χ3n) is 7.35. The zero-order valence-electron chi connectivity index (χ0n) is 21.3. The Morgan fingerprint density at radius 1 is 1.19 bits per heavy atom. The summed E-state index contributed by atoms with van der Waals surface area (Å²) < 4.78 is 34.8. The number of ether oxygens (including phenoxy) is 2. The number of aromatic nitrogens is 3. The maximum absolute atomic E-state index is 12.1. The van der Waals surface area contributed by atoms with Crippen LogP contribution in [-0.4, -0.2) is 53.6 Å². The number of hydrogen-bond acceptors (Lipinski definition) is 10. The van der Waals surface area contributed by atoms with E-state index >= 15 is 0 Å². The summed E-state index contributed by atoms with van der Waals surface area (Å²) >= 11 is 0. The molecule has 0 spiro atoms. The van der Waals surface area contributed by atoms with Crippen LogP contribution in [0, 0.1) is 0 Å². The number of anilines is 2. The van der Waals surface area contributed by atoms with Crippen LogP contribution in [0.25, 0.3) is 10.8 Å². The van der Waals surface area contributed by atoms with Crippen molar-refractivity contribution >= 4 is 38.2 Å². The highest BCUT2D eigenvalue weighted by Gasteiger charge is 2.38. The van der Waals surface area contributed by atoms with Gasteiger partial charge in [-0.2, -0.15) is 0 Å². The number of nitrogens with two attached hydrogens (primary N) is 1. The highest BCUT2D eigenvalue weighted by Crippen LogP contribution is 2.37. The molecule has 1 unspecified atom stereocenters. The molecule has 10 nitrogen and oxygen atoms in total. The fourth-order valence-corrected chi connectivity index (χ4v) is 5.75. The normalized spacial score (nSPS) is 22.9. The predicted molar refractivity (Wildman–Crippen MR) is 140 cm³/mol. The smallest absolute Gasteiger partial charge is 0.340 e. The Hall–Kier alpha value is -3.31. The SMILES string of the molecule is CCC(C)(N)c1cnc(OC2CC(S(C)(=O)=O)C2)c2cnc(Nc3ccc4c(n3)[C@@H](C)COC4=O)cc12. The van der Waals surface area contributed by atoms with Gasteiger partial charge in [0.1, 0.15) is 17.7 Å². The molecule has 0 bridgehead atoms. The molecule has 0 saturated heterocycles. The Labute approximate surface area is 215 Å². The Morgan fingerprint density at radius 2 is 1.95 bits per heavy atom. The minimum Gasteiger partial charge on any atom is -0.474 e. The quantitative estimate of drug-likeness (QED) is 0.439. The third kappa shape index (κ3) is 4.85. The number of sulfone groups is 1. The van der Waals surface area contributed by atoms with Crippen LogP contribution in [0.3, 0.4) is 0 Å². The van der Waals surface area contributed by atoms with Crippen molar-refractivity contribution in [3.8, 4) is 5.88 Å². The van der Waals surface area contributed by atoms with E-state index in [-0.39, 0.29) is 23.2 Å². The van der Waals surface area contributed by atoms with E-state index in [4.69, 9.17) is 15.2 Å². The number of nitrogens with one attached hydrogen (secondary N) is 1. The van der Waals surface area contributed by atoms with E-state index in [2.05, 4.69) is 20.3 Å². The van der Waals surface area contributed by atoms with Crippen molar-refractivity contribution in [3.05, 3.63) is 47.4 Å². The lowest BCUT2D eigenvalue weighted by Gasteiger charge is -2.34. The van der Waals surface area contributed by atoms with Gasteiger partial charge in [0.25, 0.3) is 0 Å². The standard InChI is InChI=1S/C26H31N5O5S/c1-5-26(3,27)20-12-29-24(36-15-8-16(9-15)37(4,33)34)19-11-28-22(10-18(19)20)30-21-7-6-17-23(31-21)14(2)13-35-25(17)32/h6-7,10-12,14-16H,5,8-9,13,27H2,1-4H3,(H,28,30,31)/t14-,15?,16?,26?/m0/s1. The van der Waals surface area contributed by atoms with Crippen molar-refractivity contribution in [2.75, 3.05) is 18.2 Å². The van der Waals surface area contributed by atoms with Crippen molar-refractivity contribution in [3.63, 3.8) is 0 Å². The van der Waals surface area contributed by atoms with Gasteiger partial charge in [0, 0.05) is 42.9 Å². The molecule has 37 heavy (non-hydrogen) atoms. The van der Waals surface area contributed by atoms with E-state index < -0.39 is 15.4 Å². The molecule has 196 valence electrons. The van der Waals surface area contributed by atoms with Gasteiger partial charge in [-0.1, -0.05) is 13.8 Å². The molecule has 1 aliphatic carbocycles. The summed E-state index contributed by atoms with van der Waals surface area (Å²) in [6.07, 6.45) is 6.01. The van der Waals surface area contributed by atoms with Crippen LogP contribution in [0.4, 0.5) is 11.6 Å². The summed E-state index contributed by atoms with van der Waals surface area (Å²) in [6, 6.07) is 5.32. The maximum atomic E-state index is 12.1. The molecule has 3 aromatic heterocycles. The van der Waals surface area contributed by atoms with E-state index in [1.54, 1.807) is 24.5 Å². The first-order valence-electron chi connectivity index (χ1n) is 12.3. The van der Waals surface area contributed by atoms with Gasteiger partial charge in [0.2, 0.25) is 5.88 Å². The zero-order valence-corrected chi connectivity index (χ0v) is 22.1. The molecular weight excluding hydrogens is 494 g/mol. The first-order valence-corrected chi connectivity index (χ1v) is 14.3. The van der Waals surface area contributed by atoms with Gasteiger partial charge in [-0.05, 0) is 42.5 Å². The molecule has 3 aromatic rings. The van der Waals surface area contributed by atoms with Gasteiger partial charge in [0.15, 0.2) is 9.84 Å². The lowest BCUT2D eigenvalue weighted by Crippen LogP contribution is -2.42. The molecule has 1 aliphatic heterocycles. The molecule has 1 fully saturated rings. The second-order valence-electron chi connectivity index (χ2n) is 10.3. The van der Waals surface area contributed by atoms with E-state index in [0.717, 1.165) is 10.9 Å². The number of carbonyl (C=O) groups excluding carboxylic acids is 1. The van der Waals surface area contributed by atoms with Crippen LogP contribution in [0.15, 0.2) is 30.6 Å². The number of cyclic esters (lactones) is 1. The fraction of sp³-hybridized carbons (Fsp3) is 0.462. The van der Waals surface area contributed by atoms with Crippen LogP contribution in [-0.2, 0) is 20.1 Å². The Kier molecular flexibility index (Phi) is 6.31. The van der Waals surface area contributed by atoms with Crippen LogP contribution >= 0.6 is 0 Å². The molecule has 11 heteroatoms. The van der Waals surface area contributed by atoms with Crippen molar-refractivity contribution in [2.45, 2.75) is 62.8 Å². The third-order valence-corrected chi connectivity index (χ3v) is 8.95. The summed E-state index contributed by atoms with van der Waals surface area (Å²) in [4.78, 5) is 25.8. The summed E-state index contributed by atoms with van der Waals surface area (Å²) in [6.45, 7) is 6.23. The van der Waals surface area contributed by atoms with Gasteiger partial charge in [0.05, 0.1) is 28.5 Å². The summed E-state index contributed by atoms with van der Waals surface area (Å²) in [5.41, 5.74) is 7.99. The molecule has 1 saturated carbocycles. The van der Waals surface area contributed by atoms with E-state index in [0.29, 0.717) is 60.0 Å². The van der Waals surface area contributed by atoms with Crippen LogP contribution in [0.1, 0.15) is 67.6 Å². The van der Waals surface area contributed by atoms with Gasteiger partial charge >= 0.3 is 5.97 Å². The lowest BCUT2D eigenvalue weighted by molar-refractivity contribution is 0.0445. The topological polar surface area (TPSA) is 146 Å². The average molecular weight is 526 g/mol. The Bertz CT molecular complexity index is 1480. The van der Waals surface area contributed by atoms with E-state index in [9.17, 15) is 13.2 Å². The minimum absolute atomic E-state index is 0.00676. The van der Waals surface area contributed by atoms with Gasteiger partial charge in [-0.25, -0.2) is 28.2 Å². The number of pyridine rings is 3. The first-order chi connectivity index (χ1) is 17.5. The summed E-state index contributed by atoms with van der Waals surface area (Å²) in [5.74, 6) is 1.15. The van der Waals surface area contributed by atoms with E-state index in [1.807, 2.05) is 26.8 Å². The maximum Gasteiger partial charge on any atom is 0.340 e. The largest absolute Gasteiger partial charge is 0.474 e. The van der Waals surface area contributed by atoms with Crippen LogP contribution in [0.5, 0.6) is 5.88 Å². The van der Waals surface area contributed by atoms with Crippen molar-refractivity contribution in [1.82, 2.24) is 15.0 Å². The predicted octanol–water partition coefficient (Wildman–Crippen LogP) is 3.58. The molecule has 3 N–H and O–H groups in total. The fourth-order valence-electron chi connectivity index (χ4n) is 4.62. The van der Waals surface area contributed by atoms with Gasteiger partial charge in [-0.15, -0.1) is 0 Å². The van der Waals surface area contributed by atoms with Crippen molar-refractivity contribution < 1.29 is 22.7 Å². The molecule has 2 aliphatic rings. The molecule has 0 aromatic carbocycles. The van der Waals surface area contributed by atoms with Gasteiger partial charge in [-0.3, -0.25) is 0 Å². The second-order valence-corrected chi connectivity index (χ2v) is 12.6. The lowest BCUT2D eigenvalue weighted by atomic mass is 9.88. The van der Waals surface area contributed by atoms with Crippen LogP contribution < -0.4 is 15.8 Å². The molecule has 0 radical (unpaired) electrons. The highest BCUT2D eigenvalue weighted by molar-refractivity contribution is 7.91. The summed E-state index contributed by atoms with van der Waals surface area (Å²) in [5, 5.41) is 4.40. The number of carbonyl (C=O) groups is 1. The molecule has 4 heterocycles. The van der Waals surface area contributed by atoms with Crippen molar-refractivity contribution in [2.24, 2.45) is 5.73 Å². The number of hydrogen-bond donors (Lipinski definition) is 2. The minimum atomic E-state index is -3.08. The Balaban J connectivity index is 1.48. The number of rotatable bonds is 7. The molecular formula is C26H31N5O5S. The van der Waals surface area contributed by atoms with E-state index in [1.165, 1.54) is 6.26 Å². The Morgan fingerprint density at radius 3 is 2.65 bits per heavy atom. The summed E-state index contributed by atoms with van der Waals surface area (Å²) in [7, 11) is -3.08. The number of fused-ring (bicyclic) bond motifs is 2.